The molecule has 3 heteroatoms. The van der Waals surface area contributed by atoms with Gasteiger partial charge < -0.3 is 4.98 Å². The van der Waals surface area contributed by atoms with Gasteiger partial charge in [-0.2, -0.15) is 0 Å². The highest BCUT2D eigenvalue weighted by atomic mass is 79.9. The maximum Gasteiger partial charge on any atom is 0.0457 e. The maximum absolute atomic E-state index is 3.63. The molecule has 0 fully saturated rings. The van der Waals surface area contributed by atoms with Gasteiger partial charge in [-0.3, -0.25) is 0 Å². The van der Waals surface area contributed by atoms with Crippen molar-refractivity contribution in [2.75, 3.05) is 0 Å². The summed E-state index contributed by atoms with van der Waals surface area (Å²) in [6, 6.07) is 19.7. The second-order valence-electron chi connectivity index (χ2n) is 6.23. The highest BCUT2D eigenvalue weighted by molar-refractivity contribution is 9.10. The molecule has 2 heterocycles. The fraction of sp³-hybridized carbons (Fsp3) is 0.143. The molecule has 2 aromatic carbocycles. The third-order valence-corrected chi connectivity index (χ3v) is 5.97. The summed E-state index contributed by atoms with van der Waals surface area (Å²) >= 11 is 5.51. The highest BCUT2D eigenvalue weighted by Gasteiger charge is 2.22. The second-order valence-corrected chi connectivity index (χ2v) is 8.46. The van der Waals surface area contributed by atoms with E-state index in [9.17, 15) is 0 Å². The predicted octanol–water partition coefficient (Wildman–Crippen LogP) is 6.79. The number of thiophene rings is 1. The molecule has 0 saturated carbocycles. The molecule has 0 saturated heterocycles. The minimum absolute atomic E-state index is 0.247. The van der Waals surface area contributed by atoms with E-state index in [0.717, 1.165) is 4.47 Å². The molecule has 4 aromatic rings. The van der Waals surface area contributed by atoms with E-state index in [1.54, 1.807) is 0 Å². The molecule has 0 aliphatic rings. The van der Waals surface area contributed by atoms with Gasteiger partial charge in [-0.1, -0.05) is 39.7 Å². The van der Waals surface area contributed by atoms with Crippen LogP contribution in [0.4, 0.5) is 0 Å². The SMILES string of the molecule is Cc1ccc2[nH]cc(C(c3cccc(Br)c3)c3ccc(C)s3)c2c1. The van der Waals surface area contributed by atoms with Gasteiger partial charge in [0.15, 0.2) is 0 Å². The van der Waals surface area contributed by atoms with Gasteiger partial charge in [-0.25, -0.2) is 0 Å². The molecule has 0 aliphatic carbocycles. The quantitative estimate of drug-likeness (QED) is 0.392. The Balaban J connectivity index is 1.96. The highest BCUT2D eigenvalue weighted by Crippen LogP contribution is 2.39. The van der Waals surface area contributed by atoms with Crippen LogP contribution in [0.15, 0.2) is 65.3 Å². The summed E-state index contributed by atoms with van der Waals surface area (Å²) in [7, 11) is 0. The van der Waals surface area contributed by atoms with Crippen LogP contribution < -0.4 is 0 Å². The first-order chi connectivity index (χ1) is 11.6. The Labute approximate surface area is 154 Å². The Kier molecular flexibility index (Phi) is 4.07. The van der Waals surface area contributed by atoms with E-state index in [-0.39, 0.29) is 5.92 Å². The fourth-order valence-electron chi connectivity index (χ4n) is 3.29. The third kappa shape index (κ3) is 2.83. The lowest BCUT2D eigenvalue weighted by atomic mass is 9.89. The van der Waals surface area contributed by atoms with Crippen LogP contribution in [-0.2, 0) is 0 Å². The molecule has 0 radical (unpaired) electrons. The molecule has 120 valence electrons. The van der Waals surface area contributed by atoms with Crippen molar-refractivity contribution < 1.29 is 0 Å². The van der Waals surface area contributed by atoms with Gasteiger partial charge >= 0.3 is 0 Å². The average molecular weight is 396 g/mol. The Morgan fingerprint density at radius 1 is 1.00 bits per heavy atom. The number of halogens is 1. The van der Waals surface area contributed by atoms with E-state index in [0.29, 0.717) is 0 Å². The van der Waals surface area contributed by atoms with Gasteiger partial charge in [0, 0.05) is 37.2 Å². The van der Waals surface area contributed by atoms with Gasteiger partial charge in [-0.15, -0.1) is 11.3 Å². The Morgan fingerprint density at radius 2 is 1.88 bits per heavy atom. The molecule has 4 rings (SSSR count). The van der Waals surface area contributed by atoms with Crippen molar-refractivity contribution in [2.45, 2.75) is 19.8 Å². The zero-order valence-electron chi connectivity index (χ0n) is 13.6. The molecule has 2 aromatic heterocycles. The molecule has 24 heavy (non-hydrogen) atoms. The normalized spacial score (nSPS) is 12.6. The van der Waals surface area contributed by atoms with E-state index in [1.807, 2.05) is 11.3 Å². The number of aromatic nitrogens is 1. The Morgan fingerprint density at radius 3 is 2.62 bits per heavy atom. The molecule has 0 amide bonds. The van der Waals surface area contributed by atoms with Crippen molar-refractivity contribution in [3.63, 3.8) is 0 Å². The van der Waals surface area contributed by atoms with E-state index in [4.69, 9.17) is 0 Å². The first-order valence-corrected chi connectivity index (χ1v) is 9.62. The number of rotatable bonds is 3. The number of aromatic amines is 1. The van der Waals surface area contributed by atoms with Crippen molar-refractivity contribution >= 4 is 38.2 Å². The maximum atomic E-state index is 3.63. The van der Waals surface area contributed by atoms with Crippen LogP contribution in [0.2, 0.25) is 0 Å². The number of aryl methyl sites for hydroxylation is 2. The molecule has 1 N–H and O–H groups in total. The monoisotopic (exact) mass is 395 g/mol. The molecular formula is C21H18BrNS. The van der Waals surface area contributed by atoms with Crippen LogP contribution in [0.5, 0.6) is 0 Å². The third-order valence-electron chi connectivity index (χ3n) is 4.41. The largest absolute Gasteiger partial charge is 0.361 e. The topological polar surface area (TPSA) is 15.8 Å². The van der Waals surface area contributed by atoms with E-state index in [1.165, 1.54) is 37.3 Å². The number of fused-ring (bicyclic) bond motifs is 1. The van der Waals surface area contributed by atoms with Crippen molar-refractivity contribution in [3.05, 3.63) is 91.7 Å². The number of hydrogen-bond donors (Lipinski definition) is 1. The van der Waals surface area contributed by atoms with Crippen LogP contribution in [0.25, 0.3) is 10.9 Å². The summed E-state index contributed by atoms with van der Waals surface area (Å²) in [5, 5.41) is 1.31. The lowest BCUT2D eigenvalue weighted by molar-refractivity contribution is 1.01. The number of benzene rings is 2. The van der Waals surface area contributed by atoms with Crippen LogP contribution >= 0.6 is 27.3 Å². The molecule has 1 atom stereocenters. The van der Waals surface area contributed by atoms with Gasteiger partial charge in [0.25, 0.3) is 0 Å². The molecule has 0 aliphatic heterocycles. The Hall–Kier alpha value is -1.84. The summed E-state index contributed by atoms with van der Waals surface area (Å²) in [5.41, 5.74) is 5.14. The summed E-state index contributed by atoms with van der Waals surface area (Å²) in [4.78, 5) is 6.18. The van der Waals surface area contributed by atoms with Crippen molar-refractivity contribution in [1.82, 2.24) is 4.98 Å². The molecule has 0 bridgehead atoms. The van der Waals surface area contributed by atoms with E-state index in [2.05, 4.69) is 95.6 Å². The molecule has 1 unspecified atom stereocenters. The average Bonchev–Trinajstić information content (AvgIpc) is 3.15. The van der Waals surface area contributed by atoms with Gasteiger partial charge in [-0.05, 0) is 61.4 Å². The number of H-pyrrole nitrogens is 1. The lowest BCUT2D eigenvalue weighted by Gasteiger charge is -2.16. The summed E-state index contributed by atoms with van der Waals surface area (Å²) < 4.78 is 1.12. The first-order valence-electron chi connectivity index (χ1n) is 8.01. The minimum atomic E-state index is 0.247. The van der Waals surface area contributed by atoms with Crippen molar-refractivity contribution in [2.24, 2.45) is 0 Å². The molecule has 1 nitrogen and oxygen atoms in total. The van der Waals surface area contributed by atoms with Crippen LogP contribution in [0.3, 0.4) is 0 Å². The first kappa shape index (κ1) is 15.7. The van der Waals surface area contributed by atoms with E-state index < -0.39 is 0 Å². The van der Waals surface area contributed by atoms with Crippen LogP contribution in [-0.4, -0.2) is 4.98 Å². The minimum Gasteiger partial charge on any atom is -0.361 e. The number of nitrogens with one attached hydrogen (secondary N) is 1. The zero-order chi connectivity index (χ0) is 16.7. The Bertz CT molecular complexity index is 1010. The second kappa shape index (κ2) is 6.23. The summed E-state index contributed by atoms with van der Waals surface area (Å²) in [6.07, 6.45) is 2.17. The fourth-order valence-corrected chi connectivity index (χ4v) is 4.73. The van der Waals surface area contributed by atoms with Crippen molar-refractivity contribution in [3.8, 4) is 0 Å². The standard InChI is InChI=1S/C21H18BrNS/c1-13-6-8-19-17(10-13)18(12-23-19)21(20-9-7-14(2)24-20)15-4-3-5-16(22)11-15/h3-12,21,23H,1-2H3. The summed E-state index contributed by atoms with van der Waals surface area (Å²) in [5.74, 6) is 0.247. The van der Waals surface area contributed by atoms with Gasteiger partial charge in [0.2, 0.25) is 0 Å². The lowest BCUT2D eigenvalue weighted by Crippen LogP contribution is -2.00. The van der Waals surface area contributed by atoms with Gasteiger partial charge in [0.1, 0.15) is 0 Å². The van der Waals surface area contributed by atoms with Crippen LogP contribution in [0.1, 0.15) is 32.4 Å². The molecular weight excluding hydrogens is 378 g/mol. The zero-order valence-corrected chi connectivity index (χ0v) is 16.0. The predicted molar refractivity (Wildman–Crippen MR) is 107 cm³/mol. The summed E-state index contributed by atoms with van der Waals surface area (Å²) in [6.45, 7) is 4.32. The van der Waals surface area contributed by atoms with Gasteiger partial charge in [0.05, 0.1) is 0 Å². The smallest absolute Gasteiger partial charge is 0.0457 e. The van der Waals surface area contributed by atoms with Crippen LogP contribution in [0, 0.1) is 13.8 Å². The van der Waals surface area contributed by atoms with E-state index >= 15 is 0 Å². The number of hydrogen-bond acceptors (Lipinski definition) is 1. The molecule has 0 spiro atoms. The van der Waals surface area contributed by atoms with Crippen molar-refractivity contribution in [1.29, 1.82) is 0 Å².